The van der Waals surface area contributed by atoms with Gasteiger partial charge in [0.25, 0.3) is 0 Å². The van der Waals surface area contributed by atoms with Gasteiger partial charge in [-0.3, -0.25) is 14.7 Å². The number of thioether (sulfide) groups is 1. The van der Waals surface area contributed by atoms with Crippen LogP contribution in [0.5, 0.6) is 5.75 Å². The first-order valence-electron chi connectivity index (χ1n) is 9.41. The van der Waals surface area contributed by atoms with Crippen LogP contribution in [-0.2, 0) is 16.8 Å². The second-order valence-corrected chi connectivity index (χ2v) is 8.51. The minimum atomic E-state index is -0.219. The fourth-order valence-electron chi connectivity index (χ4n) is 2.71. The number of methoxy groups -OCH3 is 1. The van der Waals surface area contributed by atoms with Gasteiger partial charge in [0.1, 0.15) is 5.75 Å². The maximum atomic E-state index is 12.4. The number of carbonyl (C=O) groups excluding carboxylic acids is 1. The van der Waals surface area contributed by atoms with E-state index in [1.807, 2.05) is 49.6 Å². The number of hydrogen-bond donors (Lipinski definition) is 1. The van der Waals surface area contributed by atoms with E-state index in [4.69, 9.17) is 9.26 Å². The first-order valence-corrected chi connectivity index (χ1v) is 10.4. The molecule has 3 aromatic rings. The maximum absolute atomic E-state index is 12.4. The zero-order valence-electron chi connectivity index (χ0n) is 17.5. The number of allylic oxidation sites excluding steroid dienone is 1. The zero-order chi connectivity index (χ0) is 21.7. The molecule has 0 atom stereocenters. The molecular weight excluding hydrogens is 402 g/mol. The molecule has 0 saturated carbocycles. The molecule has 0 spiro atoms. The van der Waals surface area contributed by atoms with Crippen molar-refractivity contribution < 1.29 is 14.1 Å². The van der Waals surface area contributed by atoms with Gasteiger partial charge in [-0.05, 0) is 12.1 Å². The lowest BCUT2D eigenvalue weighted by Crippen LogP contribution is -2.14. The Kier molecular flexibility index (Phi) is 6.61. The Morgan fingerprint density at radius 1 is 1.33 bits per heavy atom. The van der Waals surface area contributed by atoms with Crippen molar-refractivity contribution in [1.29, 1.82) is 0 Å². The first kappa shape index (κ1) is 21.6. The molecule has 1 N–H and O–H groups in total. The molecule has 9 heteroatoms. The van der Waals surface area contributed by atoms with Gasteiger partial charge < -0.3 is 9.26 Å². The Morgan fingerprint density at radius 2 is 2.10 bits per heavy atom. The molecule has 0 aliphatic carbocycles. The lowest BCUT2D eigenvalue weighted by Gasteiger charge is -2.12. The van der Waals surface area contributed by atoms with Gasteiger partial charge >= 0.3 is 0 Å². The zero-order valence-corrected chi connectivity index (χ0v) is 18.3. The van der Waals surface area contributed by atoms with E-state index in [-0.39, 0.29) is 17.1 Å². The maximum Gasteiger partial charge on any atom is 0.237 e. The van der Waals surface area contributed by atoms with Gasteiger partial charge in [-0.1, -0.05) is 55.9 Å². The smallest absolute Gasteiger partial charge is 0.237 e. The molecule has 1 aromatic carbocycles. The van der Waals surface area contributed by atoms with E-state index in [0.717, 1.165) is 11.3 Å². The number of nitrogens with zero attached hydrogens (tertiary/aromatic N) is 4. The van der Waals surface area contributed by atoms with E-state index in [9.17, 15) is 4.79 Å². The Morgan fingerprint density at radius 3 is 2.77 bits per heavy atom. The van der Waals surface area contributed by atoms with Gasteiger partial charge in [-0.15, -0.1) is 16.8 Å². The van der Waals surface area contributed by atoms with Crippen molar-refractivity contribution in [3.63, 3.8) is 0 Å². The summed E-state index contributed by atoms with van der Waals surface area (Å²) in [7, 11) is 1.61. The Bertz CT molecular complexity index is 1040. The number of hydrogen-bond acceptors (Lipinski definition) is 7. The fraction of sp³-hybridized carbons (Fsp3) is 0.333. The van der Waals surface area contributed by atoms with Crippen LogP contribution in [0, 0.1) is 0 Å². The highest BCUT2D eigenvalue weighted by Crippen LogP contribution is 2.31. The van der Waals surface area contributed by atoms with Gasteiger partial charge in [0.15, 0.2) is 11.0 Å². The van der Waals surface area contributed by atoms with Crippen LogP contribution in [0.4, 0.5) is 5.88 Å². The fourth-order valence-corrected chi connectivity index (χ4v) is 3.46. The lowest BCUT2D eigenvalue weighted by molar-refractivity contribution is -0.113. The first-order chi connectivity index (χ1) is 14.3. The van der Waals surface area contributed by atoms with E-state index in [0.29, 0.717) is 29.2 Å². The van der Waals surface area contributed by atoms with Crippen LogP contribution in [0.3, 0.4) is 0 Å². The molecule has 0 unspecified atom stereocenters. The highest BCUT2D eigenvalue weighted by molar-refractivity contribution is 7.99. The second kappa shape index (κ2) is 9.17. The van der Waals surface area contributed by atoms with Crippen LogP contribution in [0.2, 0.25) is 0 Å². The number of anilines is 1. The quantitative estimate of drug-likeness (QED) is 0.426. The van der Waals surface area contributed by atoms with Gasteiger partial charge in [-0.2, -0.15) is 0 Å². The predicted molar refractivity (Wildman–Crippen MR) is 117 cm³/mol. The second-order valence-electron chi connectivity index (χ2n) is 7.57. The van der Waals surface area contributed by atoms with E-state index >= 15 is 0 Å². The third kappa shape index (κ3) is 4.91. The third-order valence-electron chi connectivity index (χ3n) is 4.25. The summed E-state index contributed by atoms with van der Waals surface area (Å²) in [6.07, 6.45) is 1.76. The summed E-state index contributed by atoms with van der Waals surface area (Å²) in [4.78, 5) is 12.4. The average Bonchev–Trinajstić information content (AvgIpc) is 3.34. The van der Waals surface area contributed by atoms with Crippen molar-refractivity contribution >= 4 is 23.6 Å². The molecule has 3 rings (SSSR count). The number of rotatable bonds is 8. The molecule has 158 valence electrons. The normalized spacial score (nSPS) is 11.3. The van der Waals surface area contributed by atoms with Crippen LogP contribution >= 0.6 is 11.8 Å². The highest BCUT2D eigenvalue weighted by Gasteiger charge is 2.21. The van der Waals surface area contributed by atoms with E-state index in [1.165, 1.54) is 11.8 Å². The number of aromatic nitrogens is 4. The van der Waals surface area contributed by atoms with Crippen LogP contribution < -0.4 is 10.1 Å². The molecule has 0 aliphatic rings. The largest absolute Gasteiger partial charge is 0.496 e. The van der Waals surface area contributed by atoms with Crippen LogP contribution in [0.15, 0.2) is 52.7 Å². The molecular formula is C21H25N5O3S. The monoisotopic (exact) mass is 427 g/mol. The van der Waals surface area contributed by atoms with Crippen molar-refractivity contribution in [1.82, 2.24) is 19.9 Å². The minimum absolute atomic E-state index is 0.146. The molecule has 2 heterocycles. The van der Waals surface area contributed by atoms with E-state index < -0.39 is 0 Å². The molecule has 8 nitrogen and oxygen atoms in total. The van der Waals surface area contributed by atoms with Crippen molar-refractivity contribution in [2.75, 3.05) is 18.2 Å². The minimum Gasteiger partial charge on any atom is -0.496 e. The van der Waals surface area contributed by atoms with Gasteiger partial charge in [0.2, 0.25) is 11.8 Å². The number of nitrogens with one attached hydrogen (secondary N) is 1. The summed E-state index contributed by atoms with van der Waals surface area (Å²) in [5.74, 6) is 1.61. The predicted octanol–water partition coefficient (Wildman–Crippen LogP) is 4.16. The number of para-hydroxylation sites is 1. The number of ether oxygens (including phenoxy) is 1. The van der Waals surface area contributed by atoms with Crippen molar-refractivity contribution in [2.24, 2.45) is 0 Å². The van der Waals surface area contributed by atoms with Crippen LogP contribution in [-0.4, -0.2) is 38.7 Å². The summed E-state index contributed by atoms with van der Waals surface area (Å²) in [5.41, 5.74) is 1.44. The van der Waals surface area contributed by atoms with Crippen molar-refractivity contribution in [2.45, 2.75) is 37.9 Å². The standard InChI is InChI=1S/C21H25N5O3S/c1-6-11-26-19(14-9-7-8-10-15(14)28-5)23-24-20(26)30-13-17(27)22-18-12-16(25-29-18)21(2,3)4/h6-10,12H,1,11,13H2,2-5H3,(H,22,27). The summed E-state index contributed by atoms with van der Waals surface area (Å²) in [6, 6.07) is 9.33. The van der Waals surface area contributed by atoms with Crippen LogP contribution in [0.1, 0.15) is 26.5 Å². The molecule has 0 bridgehead atoms. The van der Waals surface area contributed by atoms with Crippen molar-refractivity contribution in [3.8, 4) is 17.1 Å². The van der Waals surface area contributed by atoms with Gasteiger partial charge in [-0.25, -0.2) is 0 Å². The lowest BCUT2D eigenvalue weighted by atomic mass is 9.92. The Labute approximate surface area is 179 Å². The summed E-state index contributed by atoms with van der Waals surface area (Å²) < 4.78 is 12.5. The average molecular weight is 428 g/mol. The van der Waals surface area contributed by atoms with E-state index in [2.05, 4.69) is 27.2 Å². The van der Waals surface area contributed by atoms with E-state index in [1.54, 1.807) is 19.3 Å². The van der Waals surface area contributed by atoms with Gasteiger partial charge in [0.05, 0.1) is 24.1 Å². The molecule has 0 saturated heterocycles. The molecule has 0 aliphatic heterocycles. The van der Waals surface area contributed by atoms with Crippen LogP contribution in [0.25, 0.3) is 11.4 Å². The number of benzene rings is 1. The molecule has 0 fully saturated rings. The summed E-state index contributed by atoms with van der Waals surface area (Å²) in [5, 5.41) is 15.9. The molecule has 0 radical (unpaired) electrons. The highest BCUT2D eigenvalue weighted by atomic mass is 32.2. The third-order valence-corrected chi connectivity index (χ3v) is 5.22. The summed E-state index contributed by atoms with van der Waals surface area (Å²) >= 11 is 1.28. The Balaban J connectivity index is 1.72. The molecule has 1 amide bonds. The topological polar surface area (TPSA) is 95.1 Å². The number of amides is 1. The molecule has 30 heavy (non-hydrogen) atoms. The van der Waals surface area contributed by atoms with Gasteiger partial charge in [0, 0.05) is 18.0 Å². The number of carbonyl (C=O) groups is 1. The SMILES string of the molecule is C=CCn1c(SCC(=O)Nc2cc(C(C)(C)C)no2)nnc1-c1ccccc1OC. The molecule has 2 aromatic heterocycles. The van der Waals surface area contributed by atoms with Crippen molar-refractivity contribution in [3.05, 3.63) is 48.7 Å². The Hall–Kier alpha value is -3.07. The summed E-state index contributed by atoms with van der Waals surface area (Å²) in [6.45, 7) is 10.4.